The van der Waals surface area contributed by atoms with Gasteiger partial charge in [-0.2, -0.15) is 0 Å². The summed E-state index contributed by atoms with van der Waals surface area (Å²) >= 11 is 0. The van der Waals surface area contributed by atoms with E-state index < -0.39 is 0 Å². The summed E-state index contributed by atoms with van der Waals surface area (Å²) in [6.45, 7) is 6.70. The lowest BCUT2D eigenvalue weighted by Crippen LogP contribution is -2.34. The van der Waals surface area contributed by atoms with Crippen LogP contribution in [0, 0.1) is 11.7 Å². The molecule has 20 heavy (non-hydrogen) atoms. The molecule has 0 unspecified atom stereocenters. The van der Waals surface area contributed by atoms with Gasteiger partial charge in [0.05, 0.1) is 12.3 Å². The molecule has 1 saturated heterocycles. The van der Waals surface area contributed by atoms with Crippen LogP contribution >= 0.6 is 0 Å². The van der Waals surface area contributed by atoms with Crippen LogP contribution in [0.4, 0.5) is 10.1 Å². The maximum atomic E-state index is 14.3. The van der Waals surface area contributed by atoms with Crippen LogP contribution < -0.4 is 10.2 Å². The molecule has 0 aliphatic carbocycles. The SMILES string of the molecule is C[C@H]1CCCN(c2ccc([C@@H](C)NCCO)cc2F)C1. The zero-order valence-corrected chi connectivity index (χ0v) is 12.4. The first kappa shape index (κ1) is 15.3. The third kappa shape index (κ3) is 3.70. The first-order valence-electron chi connectivity index (χ1n) is 7.50. The minimum absolute atomic E-state index is 0.0472. The monoisotopic (exact) mass is 280 g/mol. The van der Waals surface area contributed by atoms with Crippen LogP contribution in [-0.4, -0.2) is 31.3 Å². The number of halogens is 1. The van der Waals surface area contributed by atoms with Gasteiger partial charge in [0.25, 0.3) is 0 Å². The van der Waals surface area contributed by atoms with Gasteiger partial charge in [0.1, 0.15) is 5.82 Å². The maximum absolute atomic E-state index is 14.3. The Balaban J connectivity index is 2.09. The topological polar surface area (TPSA) is 35.5 Å². The molecular formula is C16H25FN2O. The molecule has 2 atom stereocenters. The highest BCUT2D eigenvalue weighted by atomic mass is 19.1. The summed E-state index contributed by atoms with van der Waals surface area (Å²) < 4.78 is 14.3. The summed E-state index contributed by atoms with van der Waals surface area (Å²) in [4.78, 5) is 2.15. The van der Waals surface area contributed by atoms with Crippen molar-refractivity contribution in [1.82, 2.24) is 5.32 Å². The van der Waals surface area contributed by atoms with Crippen molar-refractivity contribution in [2.24, 2.45) is 5.92 Å². The van der Waals surface area contributed by atoms with Gasteiger partial charge in [-0.1, -0.05) is 13.0 Å². The van der Waals surface area contributed by atoms with Crippen molar-refractivity contribution < 1.29 is 9.50 Å². The van der Waals surface area contributed by atoms with E-state index in [-0.39, 0.29) is 18.5 Å². The van der Waals surface area contributed by atoms with Crippen LogP contribution in [0.2, 0.25) is 0 Å². The lowest BCUT2D eigenvalue weighted by atomic mass is 9.99. The molecular weight excluding hydrogens is 255 g/mol. The lowest BCUT2D eigenvalue weighted by Gasteiger charge is -2.33. The average molecular weight is 280 g/mol. The average Bonchev–Trinajstić information content (AvgIpc) is 2.44. The van der Waals surface area contributed by atoms with Crippen LogP contribution in [0.25, 0.3) is 0 Å². The molecule has 1 heterocycles. The van der Waals surface area contributed by atoms with Crippen LogP contribution in [0.15, 0.2) is 18.2 Å². The van der Waals surface area contributed by atoms with Gasteiger partial charge in [-0.25, -0.2) is 4.39 Å². The van der Waals surface area contributed by atoms with Gasteiger partial charge in [-0.05, 0) is 43.4 Å². The Morgan fingerprint density at radius 3 is 2.95 bits per heavy atom. The van der Waals surface area contributed by atoms with Gasteiger partial charge in [0.2, 0.25) is 0 Å². The number of benzene rings is 1. The first-order chi connectivity index (χ1) is 9.61. The molecule has 0 saturated carbocycles. The Morgan fingerprint density at radius 2 is 2.30 bits per heavy atom. The van der Waals surface area contributed by atoms with Gasteiger partial charge < -0.3 is 15.3 Å². The highest BCUT2D eigenvalue weighted by molar-refractivity contribution is 5.50. The highest BCUT2D eigenvalue weighted by Crippen LogP contribution is 2.27. The van der Waals surface area contributed by atoms with Gasteiger partial charge in [-0.15, -0.1) is 0 Å². The Kier molecular flexibility index (Phi) is 5.38. The van der Waals surface area contributed by atoms with Crippen molar-refractivity contribution in [3.63, 3.8) is 0 Å². The smallest absolute Gasteiger partial charge is 0.146 e. The Bertz CT molecular complexity index is 438. The fraction of sp³-hybridized carbons (Fsp3) is 0.625. The van der Waals surface area contributed by atoms with Crippen LogP contribution in [0.3, 0.4) is 0 Å². The van der Waals surface area contributed by atoms with Gasteiger partial charge >= 0.3 is 0 Å². The number of hydrogen-bond acceptors (Lipinski definition) is 3. The molecule has 0 spiro atoms. The quantitative estimate of drug-likeness (QED) is 0.870. The minimum atomic E-state index is -0.144. The van der Waals surface area contributed by atoms with Gasteiger partial charge in [-0.3, -0.25) is 0 Å². The summed E-state index contributed by atoms with van der Waals surface area (Å²) in [5, 5.41) is 12.0. The van der Waals surface area contributed by atoms with Crippen molar-refractivity contribution in [2.75, 3.05) is 31.1 Å². The van der Waals surface area contributed by atoms with Crippen molar-refractivity contribution in [2.45, 2.75) is 32.7 Å². The summed E-state index contributed by atoms with van der Waals surface area (Å²) in [6.07, 6.45) is 2.37. The molecule has 3 nitrogen and oxygen atoms in total. The molecule has 0 bridgehead atoms. The van der Waals surface area contributed by atoms with E-state index >= 15 is 0 Å². The third-order valence-electron chi connectivity index (χ3n) is 4.03. The molecule has 0 radical (unpaired) electrons. The van der Waals surface area contributed by atoms with Crippen molar-refractivity contribution in [3.05, 3.63) is 29.6 Å². The fourth-order valence-corrected chi connectivity index (χ4v) is 2.86. The number of aliphatic hydroxyl groups excluding tert-OH is 1. The summed E-state index contributed by atoms with van der Waals surface area (Å²) in [5.74, 6) is 0.488. The number of rotatable bonds is 5. The molecule has 4 heteroatoms. The van der Waals surface area contributed by atoms with Crippen molar-refractivity contribution in [1.29, 1.82) is 0 Å². The first-order valence-corrected chi connectivity index (χ1v) is 7.50. The standard InChI is InChI=1S/C16H25FN2O/c1-12-4-3-8-19(11-12)16-6-5-14(10-15(16)17)13(2)18-7-9-20/h5-6,10,12-13,18,20H,3-4,7-9,11H2,1-2H3/t12-,13+/m0/s1. The largest absolute Gasteiger partial charge is 0.395 e. The molecule has 0 amide bonds. The second kappa shape index (κ2) is 7.04. The number of nitrogens with zero attached hydrogens (tertiary/aromatic N) is 1. The second-order valence-corrected chi connectivity index (χ2v) is 5.80. The molecule has 1 fully saturated rings. The summed E-state index contributed by atoms with van der Waals surface area (Å²) in [7, 11) is 0. The normalized spacial score (nSPS) is 21.0. The number of anilines is 1. The van der Waals surface area contributed by atoms with Crippen molar-refractivity contribution >= 4 is 5.69 Å². The maximum Gasteiger partial charge on any atom is 0.146 e. The van der Waals surface area contributed by atoms with Crippen LogP contribution in [-0.2, 0) is 0 Å². The second-order valence-electron chi connectivity index (χ2n) is 5.80. The van der Waals surface area contributed by atoms with E-state index in [0.29, 0.717) is 12.5 Å². The zero-order valence-electron chi connectivity index (χ0n) is 12.4. The van der Waals surface area contributed by atoms with E-state index in [1.165, 1.54) is 6.42 Å². The lowest BCUT2D eigenvalue weighted by molar-refractivity contribution is 0.286. The number of hydrogen-bond donors (Lipinski definition) is 2. The Labute approximate surface area is 120 Å². The van der Waals surface area contributed by atoms with E-state index in [2.05, 4.69) is 17.1 Å². The number of aliphatic hydroxyl groups is 1. The van der Waals surface area contributed by atoms with E-state index in [9.17, 15) is 4.39 Å². The molecule has 1 aliphatic heterocycles. The zero-order chi connectivity index (χ0) is 14.5. The predicted octanol–water partition coefficient (Wildman–Crippen LogP) is 2.70. The summed E-state index contributed by atoms with van der Waals surface area (Å²) in [6, 6.07) is 5.53. The van der Waals surface area contributed by atoms with Gasteiger partial charge in [0, 0.05) is 25.7 Å². The summed E-state index contributed by atoms with van der Waals surface area (Å²) in [5.41, 5.74) is 1.64. The molecule has 2 rings (SSSR count). The van der Waals surface area contributed by atoms with Crippen LogP contribution in [0.5, 0.6) is 0 Å². The van der Waals surface area contributed by atoms with Crippen molar-refractivity contribution in [3.8, 4) is 0 Å². The van der Waals surface area contributed by atoms with Crippen LogP contribution in [0.1, 0.15) is 38.3 Å². The molecule has 1 aliphatic rings. The molecule has 2 N–H and O–H groups in total. The number of piperidine rings is 1. The predicted molar refractivity (Wildman–Crippen MR) is 80.5 cm³/mol. The van der Waals surface area contributed by atoms with E-state index in [1.54, 1.807) is 6.07 Å². The van der Waals surface area contributed by atoms with E-state index in [1.807, 2.05) is 19.1 Å². The fourth-order valence-electron chi connectivity index (χ4n) is 2.86. The molecule has 0 aromatic heterocycles. The molecule has 1 aromatic rings. The molecule has 1 aromatic carbocycles. The van der Waals surface area contributed by atoms with E-state index in [4.69, 9.17) is 5.11 Å². The number of nitrogens with one attached hydrogen (secondary N) is 1. The minimum Gasteiger partial charge on any atom is -0.395 e. The molecule has 112 valence electrons. The third-order valence-corrected chi connectivity index (χ3v) is 4.03. The van der Waals surface area contributed by atoms with E-state index in [0.717, 1.165) is 30.8 Å². The van der Waals surface area contributed by atoms with Gasteiger partial charge in [0.15, 0.2) is 0 Å². The Hall–Kier alpha value is -1.13. The highest BCUT2D eigenvalue weighted by Gasteiger charge is 2.19. The Morgan fingerprint density at radius 1 is 1.50 bits per heavy atom.